The van der Waals surface area contributed by atoms with Crippen LogP contribution in [0.2, 0.25) is 0 Å². The van der Waals surface area contributed by atoms with Gasteiger partial charge < -0.3 is 4.74 Å². The van der Waals surface area contributed by atoms with Crippen LogP contribution in [0, 0.1) is 5.92 Å². The Bertz CT molecular complexity index is 464. The maximum atomic E-state index is 14.3. The Balaban J connectivity index is 2.39. The highest BCUT2D eigenvalue weighted by Gasteiger charge is 2.29. The fourth-order valence-corrected chi connectivity index (χ4v) is 2.65. The molecule has 1 aliphatic heterocycles. The van der Waals surface area contributed by atoms with Gasteiger partial charge >= 0.3 is 0 Å². The van der Waals surface area contributed by atoms with Crippen molar-refractivity contribution in [1.29, 1.82) is 0 Å². The van der Waals surface area contributed by atoms with Gasteiger partial charge in [-0.15, -0.1) is 0 Å². The number of hydrogen-bond donors (Lipinski definition) is 0. The third kappa shape index (κ3) is 2.83. The molecule has 2 atom stereocenters. The summed E-state index contributed by atoms with van der Waals surface area (Å²) in [6.45, 7) is 6.28. The van der Waals surface area contributed by atoms with Crippen LogP contribution in [0.3, 0.4) is 0 Å². The molecule has 0 saturated carbocycles. The number of benzene rings is 1. The molecule has 2 heteroatoms. The van der Waals surface area contributed by atoms with Crippen molar-refractivity contribution in [2.24, 2.45) is 5.92 Å². The van der Waals surface area contributed by atoms with Gasteiger partial charge in [-0.3, -0.25) is 0 Å². The molecule has 0 saturated heterocycles. The van der Waals surface area contributed by atoms with E-state index < -0.39 is 0 Å². The Morgan fingerprint density at radius 2 is 2.00 bits per heavy atom. The van der Waals surface area contributed by atoms with E-state index in [0.29, 0.717) is 0 Å². The maximum Gasteiger partial charge on any atom is 0.277 e. The van der Waals surface area contributed by atoms with E-state index in [1.807, 2.05) is 18.2 Å². The summed E-state index contributed by atoms with van der Waals surface area (Å²) in [5.74, 6) is 0.188. The molecular formula is C17H23FO. The summed E-state index contributed by atoms with van der Waals surface area (Å²) in [4.78, 5) is 0. The van der Waals surface area contributed by atoms with Crippen LogP contribution in [0.15, 0.2) is 30.3 Å². The van der Waals surface area contributed by atoms with Crippen molar-refractivity contribution < 1.29 is 9.13 Å². The molecule has 2 rings (SSSR count). The molecule has 0 aliphatic carbocycles. The monoisotopic (exact) mass is 262 g/mol. The number of halogens is 1. The summed E-state index contributed by atoms with van der Waals surface area (Å²) in [6.07, 6.45) is 3.84. The smallest absolute Gasteiger partial charge is 0.277 e. The van der Waals surface area contributed by atoms with Gasteiger partial charge in [0.2, 0.25) is 0 Å². The van der Waals surface area contributed by atoms with Crippen LogP contribution in [0.5, 0.6) is 0 Å². The molecule has 19 heavy (non-hydrogen) atoms. The molecule has 1 aromatic rings. The standard InChI is InChI=1S/C17H23FO/c1-4-6-11-15-13-9-7-8-10-14(13)16(12(3)5-2)17(18)19-15/h7-10,12,15H,4-6,11H2,1-3H3. The van der Waals surface area contributed by atoms with Gasteiger partial charge in [0.05, 0.1) is 0 Å². The number of hydrogen-bond acceptors (Lipinski definition) is 1. The van der Waals surface area contributed by atoms with Crippen molar-refractivity contribution in [2.45, 2.75) is 52.6 Å². The summed E-state index contributed by atoms with van der Waals surface area (Å²) in [7, 11) is 0. The summed E-state index contributed by atoms with van der Waals surface area (Å²) in [6, 6.07) is 7.73. The average molecular weight is 262 g/mol. The van der Waals surface area contributed by atoms with Crippen molar-refractivity contribution in [1.82, 2.24) is 0 Å². The van der Waals surface area contributed by atoms with Crippen molar-refractivity contribution in [3.63, 3.8) is 0 Å². The van der Waals surface area contributed by atoms with Crippen molar-refractivity contribution in [2.75, 3.05) is 0 Å². The Kier molecular flexibility index (Phi) is 4.62. The minimum Gasteiger partial charge on any atom is -0.462 e. The van der Waals surface area contributed by atoms with E-state index >= 15 is 0 Å². The minimum absolute atomic E-state index is 0.121. The molecule has 2 unspecified atom stereocenters. The van der Waals surface area contributed by atoms with Crippen LogP contribution in [-0.2, 0) is 4.74 Å². The van der Waals surface area contributed by atoms with Crippen LogP contribution in [0.25, 0.3) is 5.57 Å². The third-order valence-electron chi connectivity index (χ3n) is 3.98. The lowest BCUT2D eigenvalue weighted by molar-refractivity contribution is 0.0561. The first-order chi connectivity index (χ1) is 9.19. The number of fused-ring (bicyclic) bond motifs is 1. The van der Waals surface area contributed by atoms with Crippen LogP contribution < -0.4 is 0 Å². The predicted molar refractivity (Wildman–Crippen MR) is 77.3 cm³/mol. The maximum absolute atomic E-state index is 14.3. The summed E-state index contributed by atoms with van der Waals surface area (Å²) in [5, 5.41) is 0. The van der Waals surface area contributed by atoms with E-state index in [-0.39, 0.29) is 18.0 Å². The van der Waals surface area contributed by atoms with Crippen molar-refractivity contribution in [3.05, 3.63) is 41.4 Å². The van der Waals surface area contributed by atoms with Crippen LogP contribution >= 0.6 is 0 Å². The van der Waals surface area contributed by atoms with E-state index in [9.17, 15) is 4.39 Å². The van der Waals surface area contributed by atoms with E-state index in [2.05, 4.69) is 26.8 Å². The molecule has 0 amide bonds. The average Bonchev–Trinajstić information content (AvgIpc) is 2.44. The minimum atomic E-state index is -0.367. The number of unbranched alkanes of at least 4 members (excludes halogenated alkanes) is 1. The lowest BCUT2D eigenvalue weighted by Crippen LogP contribution is -2.15. The van der Waals surface area contributed by atoms with E-state index in [1.54, 1.807) is 0 Å². The van der Waals surface area contributed by atoms with Gasteiger partial charge in [0.25, 0.3) is 6.01 Å². The third-order valence-corrected chi connectivity index (χ3v) is 3.98. The van der Waals surface area contributed by atoms with E-state index in [0.717, 1.165) is 42.4 Å². The van der Waals surface area contributed by atoms with Gasteiger partial charge in [-0.05, 0) is 30.7 Å². The second-order valence-corrected chi connectivity index (χ2v) is 5.33. The molecule has 0 aromatic heterocycles. The summed E-state index contributed by atoms with van der Waals surface area (Å²) in [5.41, 5.74) is 2.93. The Labute approximate surface area is 115 Å². The van der Waals surface area contributed by atoms with Gasteiger partial charge in [-0.25, -0.2) is 0 Å². The van der Waals surface area contributed by atoms with Gasteiger partial charge in [0, 0.05) is 11.1 Å². The number of allylic oxidation sites excluding steroid dienone is 1. The quantitative estimate of drug-likeness (QED) is 0.668. The van der Waals surface area contributed by atoms with Gasteiger partial charge in [0.15, 0.2) is 0 Å². The Morgan fingerprint density at radius 1 is 1.26 bits per heavy atom. The highest BCUT2D eigenvalue weighted by atomic mass is 19.1. The zero-order valence-electron chi connectivity index (χ0n) is 12.1. The van der Waals surface area contributed by atoms with Gasteiger partial charge in [-0.1, -0.05) is 51.5 Å². The highest BCUT2D eigenvalue weighted by Crippen LogP contribution is 2.43. The first-order valence-electron chi connectivity index (χ1n) is 7.34. The first kappa shape index (κ1) is 14.1. The second kappa shape index (κ2) is 6.23. The van der Waals surface area contributed by atoms with Crippen LogP contribution in [-0.4, -0.2) is 0 Å². The lowest BCUT2D eigenvalue weighted by Gasteiger charge is -2.29. The van der Waals surface area contributed by atoms with Crippen LogP contribution in [0.1, 0.15) is 63.7 Å². The van der Waals surface area contributed by atoms with Crippen LogP contribution in [0.4, 0.5) is 4.39 Å². The molecule has 0 bridgehead atoms. The molecule has 1 nitrogen and oxygen atoms in total. The molecule has 1 aliphatic rings. The van der Waals surface area contributed by atoms with Crippen molar-refractivity contribution in [3.8, 4) is 0 Å². The molecule has 0 spiro atoms. The summed E-state index contributed by atoms with van der Waals surface area (Å²) < 4.78 is 19.9. The zero-order chi connectivity index (χ0) is 13.8. The molecular weight excluding hydrogens is 239 g/mol. The normalized spacial score (nSPS) is 19.9. The highest BCUT2D eigenvalue weighted by molar-refractivity contribution is 5.72. The van der Waals surface area contributed by atoms with Crippen molar-refractivity contribution >= 4 is 5.57 Å². The Hall–Kier alpha value is -1.31. The topological polar surface area (TPSA) is 9.23 Å². The molecule has 0 radical (unpaired) electrons. The molecule has 0 N–H and O–H groups in total. The summed E-state index contributed by atoms with van der Waals surface area (Å²) >= 11 is 0. The molecule has 0 fully saturated rings. The predicted octanol–water partition coefficient (Wildman–Crippen LogP) is 5.63. The molecule has 1 aromatic carbocycles. The number of ether oxygens (including phenoxy) is 1. The fraction of sp³-hybridized carbons (Fsp3) is 0.529. The first-order valence-corrected chi connectivity index (χ1v) is 7.34. The fourth-order valence-electron chi connectivity index (χ4n) is 2.65. The van der Waals surface area contributed by atoms with E-state index in [4.69, 9.17) is 4.74 Å². The second-order valence-electron chi connectivity index (χ2n) is 5.33. The SMILES string of the molecule is CCCCC1OC(F)=C(C(C)CC)c2ccccc21. The van der Waals surface area contributed by atoms with Gasteiger partial charge in [0.1, 0.15) is 6.10 Å². The zero-order valence-corrected chi connectivity index (χ0v) is 12.1. The molecule has 104 valence electrons. The molecule has 1 heterocycles. The largest absolute Gasteiger partial charge is 0.462 e. The van der Waals surface area contributed by atoms with E-state index in [1.165, 1.54) is 0 Å². The lowest BCUT2D eigenvalue weighted by atomic mass is 9.85. The van der Waals surface area contributed by atoms with Gasteiger partial charge in [-0.2, -0.15) is 4.39 Å². The Morgan fingerprint density at radius 3 is 2.68 bits per heavy atom. The number of rotatable bonds is 5.